The first kappa shape index (κ1) is 10.6. The predicted octanol–water partition coefficient (Wildman–Crippen LogP) is 0.365. The Balaban J connectivity index is 2.02. The lowest BCUT2D eigenvalue weighted by molar-refractivity contribution is -0.0210. The largest absolute Gasteiger partial charge is 0.393 e. The van der Waals surface area contributed by atoms with Crippen molar-refractivity contribution in [3.63, 3.8) is 0 Å². The summed E-state index contributed by atoms with van der Waals surface area (Å²) in [5, 5.41) is 0. The summed E-state index contributed by atoms with van der Waals surface area (Å²) >= 11 is 0. The maximum absolute atomic E-state index is 6.02. The van der Waals surface area contributed by atoms with Gasteiger partial charge in [0, 0.05) is 19.7 Å². The van der Waals surface area contributed by atoms with Gasteiger partial charge in [-0.3, -0.25) is 0 Å². The minimum Gasteiger partial charge on any atom is -0.393 e. The van der Waals surface area contributed by atoms with Crippen LogP contribution in [-0.4, -0.2) is 59.1 Å². The van der Waals surface area contributed by atoms with Crippen molar-refractivity contribution in [2.24, 2.45) is 0 Å². The van der Waals surface area contributed by atoms with Crippen molar-refractivity contribution in [2.75, 3.05) is 39.6 Å². The van der Waals surface area contributed by atoms with Crippen molar-refractivity contribution in [1.82, 2.24) is 4.90 Å². The summed E-state index contributed by atoms with van der Waals surface area (Å²) in [7, 11) is 0.147. The number of rotatable bonds is 0. The van der Waals surface area contributed by atoms with Gasteiger partial charge in [-0.15, -0.1) is 0 Å². The van der Waals surface area contributed by atoms with Crippen LogP contribution in [0.2, 0.25) is 6.55 Å². The van der Waals surface area contributed by atoms with E-state index in [-0.39, 0.29) is 6.10 Å². The molecule has 0 amide bonds. The van der Waals surface area contributed by atoms with Gasteiger partial charge in [0.05, 0.1) is 18.9 Å². The molecule has 2 bridgehead atoms. The highest BCUT2D eigenvalue weighted by atomic mass is 28.4. The Bertz CT molecular complexity index is 204. The average molecular weight is 217 g/mol. The summed E-state index contributed by atoms with van der Waals surface area (Å²) in [6, 6.07) is 0. The van der Waals surface area contributed by atoms with E-state index in [9.17, 15) is 0 Å². The summed E-state index contributed by atoms with van der Waals surface area (Å²) in [5.74, 6) is 0. The van der Waals surface area contributed by atoms with Crippen LogP contribution >= 0.6 is 0 Å². The fourth-order valence-electron chi connectivity index (χ4n) is 2.02. The van der Waals surface area contributed by atoms with Gasteiger partial charge in [0.15, 0.2) is 0 Å². The summed E-state index contributed by atoms with van der Waals surface area (Å²) in [6.07, 6.45) is 1.99. The Morgan fingerprint density at radius 1 is 1.43 bits per heavy atom. The summed E-state index contributed by atoms with van der Waals surface area (Å²) < 4.78 is 17.4. The third kappa shape index (κ3) is 2.55. The molecular weight excluding hydrogens is 198 g/mol. The van der Waals surface area contributed by atoms with Crippen molar-refractivity contribution >= 4 is 8.56 Å². The van der Waals surface area contributed by atoms with E-state index in [1.165, 1.54) is 0 Å². The highest BCUT2D eigenvalue weighted by Crippen LogP contribution is 2.19. The summed E-state index contributed by atoms with van der Waals surface area (Å²) in [4.78, 5) is 2.29. The molecule has 2 saturated heterocycles. The van der Waals surface area contributed by atoms with Crippen LogP contribution in [-0.2, 0) is 13.6 Å². The highest BCUT2D eigenvalue weighted by molar-refractivity contribution is 6.66. The summed E-state index contributed by atoms with van der Waals surface area (Å²) in [6.45, 7) is 5.68. The molecule has 2 fully saturated rings. The van der Waals surface area contributed by atoms with Crippen LogP contribution in [0.4, 0.5) is 0 Å². The lowest BCUT2D eigenvalue weighted by Crippen LogP contribution is -2.54. The molecule has 0 spiro atoms. The van der Waals surface area contributed by atoms with Gasteiger partial charge in [0.2, 0.25) is 0 Å². The molecule has 5 heteroatoms. The van der Waals surface area contributed by atoms with E-state index < -0.39 is 8.56 Å². The van der Waals surface area contributed by atoms with Gasteiger partial charge in [-0.25, -0.2) is 0 Å². The number of fused-ring (bicyclic) bond motifs is 2. The van der Waals surface area contributed by atoms with Crippen LogP contribution in [0.25, 0.3) is 0 Å². The molecule has 4 nitrogen and oxygen atoms in total. The van der Waals surface area contributed by atoms with E-state index in [2.05, 4.69) is 18.5 Å². The second-order valence-electron chi connectivity index (χ2n) is 4.35. The van der Waals surface area contributed by atoms with Gasteiger partial charge in [-0.05, 0) is 20.0 Å². The van der Waals surface area contributed by atoms with E-state index in [1.807, 2.05) is 0 Å². The first-order valence-corrected chi connectivity index (χ1v) is 7.78. The molecule has 2 heterocycles. The zero-order valence-electron chi connectivity index (χ0n) is 8.99. The number of ether oxygens (including phenoxy) is 1. The first-order valence-electron chi connectivity index (χ1n) is 5.26. The van der Waals surface area contributed by atoms with E-state index in [1.54, 1.807) is 0 Å². The topological polar surface area (TPSA) is 30.9 Å². The second kappa shape index (κ2) is 4.28. The van der Waals surface area contributed by atoms with Crippen LogP contribution in [0, 0.1) is 0 Å². The summed E-state index contributed by atoms with van der Waals surface area (Å²) in [5.41, 5.74) is 0. The average Bonchev–Trinajstić information content (AvgIpc) is 2.16. The van der Waals surface area contributed by atoms with Gasteiger partial charge in [0.25, 0.3) is 0 Å². The zero-order chi connectivity index (χ0) is 10.0. The highest BCUT2D eigenvalue weighted by Gasteiger charge is 2.39. The third-order valence-corrected chi connectivity index (χ3v) is 5.07. The zero-order valence-corrected chi connectivity index (χ0v) is 9.99. The number of nitrogens with zero attached hydrogens (tertiary/aromatic N) is 1. The van der Waals surface area contributed by atoms with Crippen molar-refractivity contribution in [2.45, 2.75) is 19.1 Å². The predicted molar refractivity (Wildman–Crippen MR) is 55.4 cm³/mol. The standard InChI is InChI=1S/C9H19NO3Si/c1-10-4-3-5-12-14(2)8-11-7-9(6-10)13-14/h9H,3-8H2,1-2H3. The Morgan fingerprint density at radius 2 is 2.29 bits per heavy atom. The van der Waals surface area contributed by atoms with E-state index in [0.29, 0.717) is 6.23 Å². The normalized spacial score (nSPS) is 41.1. The van der Waals surface area contributed by atoms with Crippen LogP contribution in [0.5, 0.6) is 0 Å². The molecular formula is C9H19NO3Si. The minimum absolute atomic E-state index is 0.212. The third-order valence-electron chi connectivity index (χ3n) is 2.69. The first-order chi connectivity index (χ1) is 6.68. The van der Waals surface area contributed by atoms with Gasteiger partial charge in [-0.2, -0.15) is 0 Å². The Kier molecular flexibility index (Phi) is 3.23. The molecule has 0 aliphatic carbocycles. The number of hydrogen-bond acceptors (Lipinski definition) is 4. The molecule has 2 atom stereocenters. The Morgan fingerprint density at radius 3 is 3.14 bits per heavy atom. The Labute approximate surface area is 86.4 Å². The van der Waals surface area contributed by atoms with Crippen molar-refractivity contribution < 1.29 is 13.6 Å². The quantitative estimate of drug-likeness (QED) is 0.548. The van der Waals surface area contributed by atoms with Crippen LogP contribution < -0.4 is 0 Å². The molecule has 0 aromatic heterocycles. The van der Waals surface area contributed by atoms with Crippen molar-refractivity contribution in [3.05, 3.63) is 0 Å². The fourth-order valence-corrected chi connectivity index (χ4v) is 4.16. The molecule has 0 saturated carbocycles. The van der Waals surface area contributed by atoms with Crippen LogP contribution in [0.15, 0.2) is 0 Å². The SMILES string of the molecule is CN1CCCO[Si]2(C)COCC(C1)O2. The molecule has 0 aromatic carbocycles. The van der Waals surface area contributed by atoms with E-state index >= 15 is 0 Å². The lowest BCUT2D eigenvalue weighted by atomic mass is 10.3. The minimum atomic E-state index is -1.98. The molecule has 2 aliphatic rings. The smallest absolute Gasteiger partial charge is 0.361 e. The molecule has 0 aromatic rings. The van der Waals surface area contributed by atoms with Crippen LogP contribution in [0.1, 0.15) is 6.42 Å². The number of likely N-dealkylation sites (N-methyl/N-ethyl adjacent to an activating group) is 1. The van der Waals surface area contributed by atoms with Gasteiger partial charge in [-0.1, -0.05) is 0 Å². The molecule has 14 heavy (non-hydrogen) atoms. The lowest BCUT2D eigenvalue weighted by Gasteiger charge is -2.36. The molecule has 82 valence electrons. The van der Waals surface area contributed by atoms with Gasteiger partial charge < -0.3 is 18.5 Å². The fraction of sp³-hybridized carbons (Fsp3) is 1.00. The second-order valence-corrected chi connectivity index (χ2v) is 7.43. The molecule has 0 N–H and O–H groups in total. The van der Waals surface area contributed by atoms with Crippen molar-refractivity contribution in [1.29, 1.82) is 0 Å². The van der Waals surface area contributed by atoms with E-state index in [4.69, 9.17) is 13.6 Å². The van der Waals surface area contributed by atoms with Crippen molar-refractivity contribution in [3.8, 4) is 0 Å². The monoisotopic (exact) mass is 217 g/mol. The molecule has 2 aliphatic heterocycles. The Hall–Kier alpha value is 0.0569. The number of hydrogen-bond donors (Lipinski definition) is 0. The van der Waals surface area contributed by atoms with Crippen LogP contribution in [0.3, 0.4) is 0 Å². The maximum atomic E-state index is 6.02. The van der Waals surface area contributed by atoms with Gasteiger partial charge in [0.1, 0.15) is 0 Å². The van der Waals surface area contributed by atoms with E-state index in [0.717, 1.165) is 32.7 Å². The van der Waals surface area contributed by atoms with Gasteiger partial charge >= 0.3 is 8.56 Å². The molecule has 2 unspecified atom stereocenters. The molecule has 2 rings (SSSR count). The maximum Gasteiger partial charge on any atom is 0.361 e. The molecule has 0 radical (unpaired) electrons.